The lowest BCUT2D eigenvalue weighted by Crippen LogP contribution is -2.31. The van der Waals surface area contributed by atoms with E-state index in [9.17, 15) is 0 Å². The predicted molar refractivity (Wildman–Crippen MR) is 101 cm³/mol. The first-order valence-corrected chi connectivity index (χ1v) is 8.28. The Hall–Kier alpha value is -2.93. The number of nitrogens with zero attached hydrogens (tertiary/aromatic N) is 1. The van der Waals surface area contributed by atoms with E-state index in [0.717, 1.165) is 0 Å². The maximum Gasteiger partial charge on any atom is 0.220 e. The molecule has 24 heavy (non-hydrogen) atoms. The molecule has 1 heterocycles. The lowest BCUT2D eigenvalue weighted by molar-refractivity contribution is -0.660. The van der Waals surface area contributed by atoms with Crippen LogP contribution in [-0.4, -0.2) is 0 Å². The third-order valence-electron chi connectivity index (χ3n) is 4.72. The first-order chi connectivity index (χ1) is 11.8. The van der Waals surface area contributed by atoms with Crippen molar-refractivity contribution in [1.82, 2.24) is 0 Å². The molecule has 3 aromatic carbocycles. The fourth-order valence-electron chi connectivity index (χ4n) is 3.48. The minimum Gasteiger partial charge on any atom is -0.200 e. The second kappa shape index (κ2) is 5.93. The van der Waals surface area contributed by atoms with Crippen molar-refractivity contribution >= 4 is 10.8 Å². The zero-order valence-corrected chi connectivity index (χ0v) is 14.0. The maximum absolute atomic E-state index is 2.25. The average Bonchev–Trinajstić information content (AvgIpc) is 2.63. The standard InChI is InChI=1S/C23H20N/c1-17-20-12-7-6-11-19(20)14-15-21(17)23-22(13-8-16-24(23)2)18-9-4-3-5-10-18/h3-16H,1-2H3/q+1. The number of aromatic nitrogens is 1. The van der Waals surface area contributed by atoms with Gasteiger partial charge in [-0.2, -0.15) is 0 Å². The van der Waals surface area contributed by atoms with Crippen LogP contribution in [0, 0.1) is 6.92 Å². The van der Waals surface area contributed by atoms with Crippen LogP contribution in [0.1, 0.15) is 5.56 Å². The van der Waals surface area contributed by atoms with Gasteiger partial charge in [0.2, 0.25) is 5.69 Å². The van der Waals surface area contributed by atoms with Gasteiger partial charge < -0.3 is 0 Å². The summed E-state index contributed by atoms with van der Waals surface area (Å²) in [5.41, 5.74) is 6.38. The molecule has 0 aliphatic heterocycles. The molecule has 1 aromatic heterocycles. The van der Waals surface area contributed by atoms with Gasteiger partial charge in [-0.1, -0.05) is 60.7 Å². The molecule has 0 unspecified atom stereocenters. The molecule has 0 fully saturated rings. The second-order valence-corrected chi connectivity index (χ2v) is 6.21. The highest BCUT2D eigenvalue weighted by Crippen LogP contribution is 2.33. The number of hydrogen-bond donors (Lipinski definition) is 0. The molecular weight excluding hydrogens is 290 g/mol. The van der Waals surface area contributed by atoms with Gasteiger partial charge in [0.15, 0.2) is 6.20 Å². The minimum absolute atomic E-state index is 1.25. The van der Waals surface area contributed by atoms with Gasteiger partial charge in [0, 0.05) is 6.07 Å². The molecule has 1 heteroatoms. The third-order valence-corrected chi connectivity index (χ3v) is 4.72. The summed E-state index contributed by atoms with van der Waals surface area (Å²) in [6.07, 6.45) is 2.12. The molecule has 116 valence electrons. The van der Waals surface area contributed by atoms with Gasteiger partial charge in [0.05, 0.1) is 11.1 Å². The molecule has 0 aliphatic rings. The number of rotatable bonds is 2. The van der Waals surface area contributed by atoms with Crippen LogP contribution in [0.15, 0.2) is 85.1 Å². The van der Waals surface area contributed by atoms with Gasteiger partial charge in [0.1, 0.15) is 7.05 Å². The van der Waals surface area contributed by atoms with E-state index >= 15 is 0 Å². The summed E-state index contributed by atoms with van der Waals surface area (Å²) in [5, 5.41) is 2.61. The third kappa shape index (κ3) is 2.39. The van der Waals surface area contributed by atoms with Crippen molar-refractivity contribution in [3.8, 4) is 22.4 Å². The topological polar surface area (TPSA) is 3.88 Å². The molecule has 1 nitrogen and oxygen atoms in total. The average molecular weight is 310 g/mol. The summed E-state index contributed by atoms with van der Waals surface area (Å²) in [5.74, 6) is 0. The normalized spacial score (nSPS) is 10.9. The molecule has 0 amide bonds. The van der Waals surface area contributed by atoms with Crippen molar-refractivity contribution in [3.63, 3.8) is 0 Å². The van der Waals surface area contributed by atoms with Crippen molar-refractivity contribution in [3.05, 3.63) is 90.6 Å². The number of aryl methyl sites for hydroxylation is 2. The van der Waals surface area contributed by atoms with Gasteiger partial charge in [-0.15, -0.1) is 0 Å². The Labute approximate surface area is 142 Å². The van der Waals surface area contributed by atoms with E-state index in [1.165, 1.54) is 38.7 Å². The Morgan fingerprint density at radius 2 is 1.42 bits per heavy atom. The van der Waals surface area contributed by atoms with Gasteiger partial charge >= 0.3 is 0 Å². The largest absolute Gasteiger partial charge is 0.220 e. The number of pyridine rings is 1. The molecular formula is C23H20N+. The highest BCUT2D eigenvalue weighted by atomic mass is 14.9. The summed E-state index contributed by atoms with van der Waals surface area (Å²) in [6, 6.07) is 28.0. The van der Waals surface area contributed by atoms with Crippen LogP contribution in [0.3, 0.4) is 0 Å². The zero-order chi connectivity index (χ0) is 16.5. The van der Waals surface area contributed by atoms with E-state index in [4.69, 9.17) is 0 Å². The molecule has 0 saturated heterocycles. The highest BCUT2D eigenvalue weighted by molar-refractivity contribution is 5.93. The summed E-state index contributed by atoms with van der Waals surface area (Å²) < 4.78 is 2.22. The van der Waals surface area contributed by atoms with Crippen LogP contribution in [0.2, 0.25) is 0 Å². The van der Waals surface area contributed by atoms with E-state index in [-0.39, 0.29) is 0 Å². The van der Waals surface area contributed by atoms with Crippen LogP contribution >= 0.6 is 0 Å². The van der Waals surface area contributed by atoms with Gasteiger partial charge in [0.25, 0.3) is 0 Å². The Morgan fingerprint density at radius 1 is 0.667 bits per heavy atom. The van der Waals surface area contributed by atoms with Crippen molar-refractivity contribution in [2.45, 2.75) is 6.92 Å². The Kier molecular flexibility index (Phi) is 3.62. The van der Waals surface area contributed by atoms with Crippen molar-refractivity contribution in [1.29, 1.82) is 0 Å². The van der Waals surface area contributed by atoms with E-state index in [0.29, 0.717) is 0 Å². The van der Waals surface area contributed by atoms with E-state index in [2.05, 4.69) is 104 Å². The minimum atomic E-state index is 1.25. The quantitative estimate of drug-likeness (QED) is 0.442. The van der Waals surface area contributed by atoms with Crippen molar-refractivity contribution in [2.75, 3.05) is 0 Å². The number of hydrogen-bond acceptors (Lipinski definition) is 0. The first-order valence-electron chi connectivity index (χ1n) is 8.28. The predicted octanol–water partition coefficient (Wildman–Crippen LogP) is 5.31. The number of fused-ring (bicyclic) bond motifs is 1. The molecule has 0 saturated carbocycles. The van der Waals surface area contributed by atoms with Crippen molar-refractivity contribution < 1.29 is 4.57 Å². The molecule has 4 rings (SSSR count). The summed E-state index contributed by atoms with van der Waals surface area (Å²) >= 11 is 0. The number of benzene rings is 3. The van der Waals surface area contributed by atoms with E-state index < -0.39 is 0 Å². The lowest BCUT2D eigenvalue weighted by atomic mass is 9.93. The Morgan fingerprint density at radius 3 is 2.25 bits per heavy atom. The molecule has 0 N–H and O–H groups in total. The Balaban J connectivity index is 2.03. The van der Waals surface area contributed by atoms with Gasteiger partial charge in [-0.25, -0.2) is 4.57 Å². The van der Waals surface area contributed by atoms with E-state index in [1.807, 2.05) is 0 Å². The molecule has 4 aromatic rings. The van der Waals surface area contributed by atoms with Crippen LogP contribution in [0.25, 0.3) is 33.2 Å². The summed E-state index contributed by atoms with van der Waals surface area (Å²) in [7, 11) is 2.12. The van der Waals surface area contributed by atoms with Crippen LogP contribution < -0.4 is 4.57 Å². The van der Waals surface area contributed by atoms with E-state index in [1.54, 1.807) is 0 Å². The fraction of sp³-hybridized carbons (Fsp3) is 0.0870. The van der Waals surface area contributed by atoms with Crippen LogP contribution in [0.5, 0.6) is 0 Å². The van der Waals surface area contributed by atoms with Crippen LogP contribution in [-0.2, 0) is 7.05 Å². The summed E-state index contributed by atoms with van der Waals surface area (Å²) in [6.45, 7) is 2.22. The smallest absolute Gasteiger partial charge is 0.200 e. The van der Waals surface area contributed by atoms with Gasteiger partial charge in [-0.05, 0) is 41.0 Å². The summed E-state index contributed by atoms with van der Waals surface area (Å²) in [4.78, 5) is 0. The van der Waals surface area contributed by atoms with Gasteiger partial charge in [-0.3, -0.25) is 0 Å². The highest BCUT2D eigenvalue weighted by Gasteiger charge is 2.19. The molecule has 0 bridgehead atoms. The molecule has 0 radical (unpaired) electrons. The van der Waals surface area contributed by atoms with Crippen LogP contribution in [0.4, 0.5) is 0 Å². The fourth-order valence-corrected chi connectivity index (χ4v) is 3.48. The molecule has 0 aliphatic carbocycles. The lowest BCUT2D eigenvalue weighted by Gasteiger charge is -2.12. The SMILES string of the molecule is Cc1c(-c2c(-c3ccccc3)ccc[n+]2C)ccc2ccccc12. The zero-order valence-electron chi connectivity index (χ0n) is 14.0. The molecule has 0 atom stereocenters. The molecule has 0 spiro atoms. The monoisotopic (exact) mass is 310 g/mol. The maximum atomic E-state index is 2.25. The van der Waals surface area contributed by atoms with Crippen molar-refractivity contribution in [2.24, 2.45) is 7.05 Å². The second-order valence-electron chi connectivity index (χ2n) is 6.21. The Bertz CT molecular complexity index is 1020. The first kappa shape index (κ1) is 14.6.